The third kappa shape index (κ3) is 3.85. The minimum atomic E-state index is -1.000. The van der Waals surface area contributed by atoms with Gasteiger partial charge in [-0.05, 0) is 29.8 Å². The molecule has 1 amide bonds. The van der Waals surface area contributed by atoms with Gasteiger partial charge in [-0.1, -0.05) is 47.5 Å². The van der Waals surface area contributed by atoms with Crippen LogP contribution in [0.3, 0.4) is 0 Å². The lowest BCUT2D eigenvalue weighted by Crippen LogP contribution is -2.34. The van der Waals surface area contributed by atoms with E-state index >= 15 is 0 Å². The van der Waals surface area contributed by atoms with Gasteiger partial charge in [0.05, 0.1) is 7.11 Å². The second-order valence-corrected chi connectivity index (χ2v) is 7.89. The number of esters is 1. The fourth-order valence-corrected chi connectivity index (χ4v) is 3.73. The van der Waals surface area contributed by atoms with Crippen LogP contribution in [0, 0.1) is 11.3 Å². The maximum atomic E-state index is 13.4. The van der Waals surface area contributed by atoms with Crippen LogP contribution in [0.2, 0.25) is 10.0 Å². The number of aliphatic hydroxyl groups is 1. The summed E-state index contributed by atoms with van der Waals surface area (Å²) in [5.74, 6) is -3.00. The van der Waals surface area contributed by atoms with Crippen LogP contribution in [0.5, 0.6) is 0 Å². The number of hydrogen-bond donors (Lipinski definition) is 3. The molecule has 1 aliphatic rings. The van der Waals surface area contributed by atoms with E-state index < -0.39 is 28.8 Å². The van der Waals surface area contributed by atoms with Crippen molar-refractivity contribution in [2.24, 2.45) is 0 Å². The maximum absolute atomic E-state index is 13.4. The molecule has 3 N–H and O–H groups in total. The lowest BCUT2D eigenvalue weighted by molar-refractivity contribution is -0.115. The molecule has 0 unspecified atom stereocenters. The molecule has 2 aromatic carbocycles. The van der Waals surface area contributed by atoms with Gasteiger partial charge in [0.2, 0.25) is 5.76 Å². The van der Waals surface area contributed by atoms with Crippen molar-refractivity contribution >= 4 is 46.6 Å². The summed E-state index contributed by atoms with van der Waals surface area (Å²) in [5, 5.41) is 23.6. The number of nitrogens with zero attached hydrogens (tertiary/aromatic N) is 2. The second-order valence-electron chi connectivity index (χ2n) is 7.02. The highest BCUT2D eigenvalue weighted by molar-refractivity contribution is 6.31. The first-order chi connectivity index (χ1) is 16.3. The third-order valence-electron chi connectivity index (χ3n) is 5.05. The maximum Gasteiger partial charge on any atom is 0.342 e. The van der Waals surface area contributed by atoms with Crippen LogP contribution in [0.15, 0.2) is 59.1 Å². The summed E-state index contributed by atoms with van der Waals surface area (Å²) in [6, 6.07) is 14.0. The Labute approximate surface area is 202 Å². The number of pyridine rings is 1. The van der Waals surface area contributed by atoms with E-state index in [1.54, 1.807) is 0 Å². The molecule has 0 bridgehead atoms. The number of nitriles is 1. The van der Waals surface area contributed by atoms with Gasteiger partial charge in [0, 0.05) is 21.2 Å². The number of carbonyl (C=O) groups excluding carboxylic acids is 2. The van der Waals surface area contributed by atoms with E-state index in [9.17, 15) is 24.8 Å². The van der Waals surface area contributed by atoms with E-state index in [1.165, 1.54) is 48.5 Å². The Morgan fingerprint density at radius 3 is 2.12 bits per heavy atom. The predicted octanol–water partition coefficient (Wildman–Crippen LogP) is 3.90. The van der Waals surface area contributed by atoms with Crippen molar-refractivity contribution in [2.45, 2.75) is 0 Å². The fourth-order valence-electron chi connectivity index (χ4n) is 3.47. The van der Waals surface area contributed by atoms with Crippen molar-refractivity contribution in [3.05, 3.63) is 91.4 Å². The molecular weight excluding hydrogens is 483 g/mol. The molecule has 1 aliphatic heterocycles. The van der Waals surface area contributed by atoms with Crippen molar-refractivity contribution in [3.8, 4) is 17.2 Å². The van der Waals surface area contributed by atoms with Crippen LogP contribution in [0.25, 0.3) is 16.8 Å². The Kier molecular flexibility index (Phi) is 6.03. The molecule has 11 heteroatoms. The number of benzene rings is 2. The fraction of sp³-hybridized carbons (Fsp3) is 0.0435. The zero-order valence-electron chi connectivity index (χ0n) is 17.3. The Hall–Kier alpha value is -4.26. The standard InChI is InChI=1S/C23H14Cl2N4O5/c1-34-23(33)17-16(11-2-6-13(24)7-3-11)15(10-26)22(32)29-20(17)27-21(31)19(30)18(28-29)12-4-8-14(25)9-5-12/h2-9,28,30H,1H3,(H,27,31). The van der Waals surface area contributed by atoms with Crippen LogP contribution >= 0.6 is 23.2 Å². The Balaban J connectivity index is 2.06. The first-order valence-electron chi connectivity index (χ1n) is 9.61. The topological polar surface area (TPSA) is 133 Å². The number of hydrogen-bond acceptors (Lipinski definition) is 7. The molecule has 0 aliphatic carbocycles. The number of aromatic nitrogens is 1. The summed E-state index contributed by atoms with van der Waals surface area (Å²) in [5.41, 5.74) is 1.54. The van der Waals surface area contributed by atoms with E-state index in [1.807, 2.05) is 6.07 Å². The average Bonchev–Trinajstić information content (AvgIpc) is 2.96. The quantitative estimate of drug-likeness (QED) is 0.468. The van der Waals surface area contributed by atoms with E-state index in [-0.39, 0.29) is 22.6 Å². The number of amides is 1. The largest absolute Gasteiger partial charge is 0.502 e. The number of fused-ring (bicyclic) bond motifs is 1. The molecule has 34 heavy (non-hydrogen) atoms. The number of methoxy groups -OCH3 is 1. The molecule has 9 nitrogen and oxygen atoms in total. The monoisotopic (exact) mass is 496 g/mol. The van der Waals surface area contributed by atoms with E-state index in [0.717, 1.165) is 11.8 Å². The van der Waals surface area contributed by atoms with Crippen LogP contribution < -0.4 is 16.3 Å². The lowest BCUT2D eigenvalue weighted by Gasteiger charge is -2.20. The van der Waals surface area contributed by atoms with Gasteiger partial charge in [0.25, 0.3) is 11.5 Å². The number of carbonyl (C=O) groups is 2. The molecule has 0 radical (unpaired) electrons. The van der Waals surface area contributed by atoms with Gasteiger partial charge in [-0.2, -0.15) is 5.26 Å². The molecule has 4 rings (SSSR count). The Morgan fingerprint density at radius 2 is 1.59 bits per heavy atom. The van der Waals surface area contributed by atoms with E-state index in [4.69, 9.17) is 27.9 Å². The summed E-state index contributed by atoms with van der Waals surface area (Å²) in [4.78, 5) is 39.1. The molecule has 2 heterocycles. The number of nitrogens with one attached hydrogen (secondary N) is 2. The molecule has 0 fully saturated rings. The van der Waals surface area contributed by atoms with Gasteiger partial charge in [-0.3, -0.25) is 15.0 Å². The first-order valence-corrected chi connectivity index (χ1v) is 10.4. The number of rotatable bonds is 3. The summed E-state index contributed by atoms with van der Waals surface area (Å²) in [6.07, 6.45) is 0. The van der Waals surface area contributed by atoms with Crippen molar-refractivity contribution in [2.75, 3.05) is 17.9 Å². The summed E-state index contributed by atoms with van der Waals surface area (Å²) < 4.78 is 5.70. The van der Waals surface area contributed by atoms with Gasteiger partial charge in [-0.25, -0.2) is 9.47 Å². The molecule has 0 saturated carbocycles. The molecule has 0 spiro atoms. The number of anilines is 1. The van der Waals surface area contributed by atoms with Crippen molar-refractivity contribution < 1.29 is 19.4 Å². The predicted molar refractivity (Wildman–Crippen MR) is 126 cm³/mol. The minimum Gasteiger partial charge on any atom is -0.502 e. The highest BCUT2D eigenvalue weighted by Crippen LogP contribution is 2.34. The van der Waals surface area contributed by atoms with Crippen molar-refractivity contribution in [3.63, 3.8) is 0 Å². The number of halogens is 2. The van der Waals surface area contributed by atoms with E-state index in [0.29, 0.717) is 21.2 Å². The van der Waals surface area contributed by atoms with E-state index in [2.05, 4.69) is 10.7 Å². The van der Waals surface area contributed by atoms with Crippen LogP contribution in [0.1, 0.15) is 21.5 Å². The molecule has 170 valence electrons. The Morgan fingerprint density at radius 1 is 1.03 bits per heavy atom. The number of aliphatic hydroxyl groups excluding tert-OH is 1. The van der Waals surface area contributed by atoms with Gasteiger partial charge < -0.3 is 15.2 Å². The van der Waals surface area contributed by atoms with Crippen LogP contribution in [-0.4, -0.2) is 28.8 Å². The zero-order valence-corrected chi connectivity index (χ0v) is 18.9. The van der Waals surface area contributed by atoms with Gasteiger partial charge in [0.15, 0.2) is 5.82 Å². The second kappa shape index (κ2) is 8.94. The average molecular weight is 497 g/mol. The molecule has 1 aromatic heterocycles. The normalized spacial score (nSPS) is 12.7. The third-order valence-corrected chi connectivity index (χ3v) is 5.56. The summed E-state index contributed by atoms with van der Waals surface area (Å²) >= 11 is 11.9. The zero-order chi connectivity index (χ0) is 24.6. The highest BCUT2D eigenvalue weighted by atomic mass is 35.5. The molecular formula is C23H14Cl2N4O5. The van der Waals surface area contributed by atoms with Gasteiger partial charge in [-0.15, -0.1) is 0 Å². The Bertz CT molecular complexity index is 1470. The minimum absolute atomic E-state index is 0.0567. The summed E-state index contributed by atoms with van der Waals surface area (Å²) in [7, 11) is 1.11. The van der Waals surface area contributed by atoms with Crippen LogP contribution in [0.4, 0.5) is 5.82 Å². The summed E-state index contributed by atoms with van der Waals surface area (Å²) in [6.45, 7) is 0. The molecule has 3 aromatic rings. The van der Waals surface area contributed by atoms with Gasteiger partial charge >= 0.3 is 5.97 Å². The van der Waals surface area contributed by atoms with Crippen LogP contribution in [-0.2, 0) is 9.53 Å². The number of ether oxygens (including phenoxy) is 1. The van der Waals surface area contributed by atoms with Crippen molar-refractivity contribution in [1.29, 1.82) is 5.26 Å². The van der Waals surface area contributed by atoms with Gasteiger partial charge in [0.1, 0.15) is 22.9 Å². The first kappa shape index (κ1) is 22.9. The smallest absolute Gasteiger partial charge is 0.342 e. The highest BCUT2D eigenvalue weighted by Gasteiger charge is 2.33. The SMILES string of the molecule is COC(=O)c1c(-c2ccc(Cl)cc2)c(C#N)c(=O)n2c1NC(=O)C(O)=C(c1ccc(Cl)cc1)N2. The van der Waals surface area contributed by atoms with Crippen molar-refractivity contribution in [1.82, 2.24) is 4.68 Å². The molecule has 0 saturated heterocycles. The molecule has 0 atom stereocenters. The lowest BCUT2D eigenvalue weighted by atomic mass is 9.96.